The molecule has 1 fully saturated rings. The third kappa shape index (κ3) is 4.18. The number of alkyl halides is 3. The molecule has 1 saturated heterocycles. The summed E-state index contributed by atoms with van der Waals surface area (Å²) in [4.78, 5) is 13.6. The summed E-state index contributed by atoms with van der Waals surface area (Å²) < 4.78 is 45.3. The van der Waals surface area contributed by atoms with E-state index in [1.165, 1.54) is 12.1 Å². The van der Waals surface area contributed by atoms with Crippen LogP contribution in [0.25, 0.3) is 0 Å². The quantitative estimate of drug-likeness (QED) is 0.859. The number of carbonyl (C=O) groups is 1. The second kappa shape index (κ2) is 7.50. The van der Waals surface area contributed by atoms with Gasteiger partial charge in [0.15, 0.2) is 0 Å². The molecule has 2 aromatic carbocycles. The van der Waals surface area contributed by atoms with E-state index in [0.717, 1.165) is 17.7 Å². The third-order valence-corrected chi connectivity index (χ3v) is 4.85. The maximum absolute atomic E-state index is 13.0. The van der Waals surface area contributed by atoms with E-state index in [4.69, 9.17) is 4.74 Å². The van der Waals surface area contributed by atoms with Crippen molar-refractivity contribution in [2.24, 2.45) is 0 Å². The summed E-state index contributed by atoms with van der Waals surface area (Å²) in [5.41, 5.74) is -0.638. The molecule has 1 N–H and O–H groups in total. The van der Waals surface area contributed by atoms with Crippen LogP contribution in [0, 0.1) is 0 Å². The zero-order valence-corrected chi connectivity index (χ0v) is 14.9. The Labute approximate surface area is 155 Å². The Morgan fingerprint density at radius 2 is 1.74 bits per heavy atom. The number of amides is 2. The minimum Gasteiger partial charge on any atom is -0.482 e. The molecule has 0 aromatic heterocycles. The van der Waals surface area contributed by atoms with Crippen LogP contribution in [-0.4, -0.2) is 31.1 Å². The lowest BCUT2D eigenvalue weighted by atomic mass is 9.84. The lowest BCUT2D eigenvalue weighted by Crippen LogP contribution is -2.50. The van der Waals surface area contributed by atoms with Crippen LogP contribution in [0.4, 0.5) is 18.0 Å². The molecule has 0 unspecified atom stereocenters. The fourth-order valence-electron chi connectivity index (χ4n) is 3.38. The molecule has 1 aliphatic heterocycles. The molecule has 0 aliphatic carbocycles. The first-order valence-electron chi connectivity index (χ1n) is 8.72. The van der Waals surface area contributed by atoms with Crippen molar-refractivity contribution in [2.45, 2.75) is 24.6 Å². The van der Waals surface area contributed by atoms with Gasteiger partial charge < -0.3 is 15.0 Å². The minimum atomic E-state index is -4.43. The van der Waals surface area contributed by atoms with Gasteiger partial charge in [-0.1, -0.05) is 36.4 Å². The Hall–Kier alpha value is -2.70. The van der Waals surface area contributed by atoms with Gasteiger partial charge in [0.05, 0.1) is 5.56 Å². The lowest BCUT2D eigenvalue weighted by molar-refractivity contribution is -0.137. The third-order valence-electron chi connectivity index (χ3n) is 4.85. The number of rotatable bonds is 3. The first kappa shape index (κ1) is 19.1. The smallest absolute Gasteiger partial charge is 0.416 e. The number of likely N-dealkylation sites (tertiary alicyclic amines) is 1. The van der Waals surface area contributed by atoms with Gasteiger partial charge in [0.2, 0.25) is 0 Å². The van der Waals surface area contributed by atoms with Crippen LogP contribution in [0.15, 0.2) is 54.6 Å². The van der Waals surface area contributed by atoms with Crippen molar-refractivity contribution in [3.8, 4) is 5.75 Å². The molecular formula is C20H21F3N2O2. The molecule has 0 saturated carbocycles. The fraction of sp³-hybridized carbons (Fsp3) is 0.350. The SMILES string of the molecule is CNC(=O)N1CCC(Oc2cccc(C(F)(F)F)c2)(c2ccccc2)CC1. The Balaban J connectivity index is 1.90. The second-order valence-electron chi connectivity index (χ2n) is 6.53. The van der Waals surface area contributed by atoms with Gasteiger partial charge in [0.25, 0.3) is 0 Å². The van der Waals surface area contributed by atoms with Crippen molar-refractivity contribution in [3.05, 3.63) is 65.7 Å². The highest BCUT2D eigenvalue weighted by atomic mass is 19.4. The summed E-state index contributed by atoms with van der Waals surface area (Å²) in [7, 11) is 1.57. The molecule has 0 spiro atoms. The largest absolute Gasteiger partial charge is 0.482 e. The fourth-order valence-corrected chi connectivity index (χ4v) is 3.38. The van der Waals surface area contributed by atoms with Crippen LogP contribution >= 0.6 is 0 Å². The van der Waals surface area contributed by atoms with E-state index in [1.54, 1.807) is 11.9 Å². The topological polar surface area (TPSA) is 41.6 Å². The van der Waals surface area contributed by atoms with Crippen molar-refractivity contribution in [3.63, 3.8) is 0 Å². The van der Waals surface area contributed by atoms with Gasteiger partial charge in [-0.3, -0.25) is 0 Å². The maximum Gasteiger partial charge on any atom is 0.416 e. The number of hydrogen-bond donors (Lipinski definition) is 1. The number of hydrogen-bond acceptors (Lipinski definition) is 2. The number of urea groups is 1. The molecule has 3 rings (SSSR count). The Bertz CT molecular complexity index is 785. The summed E-state index contributed by atoms with van der Waals surface area (Å²) in [6.07, 6.45) is -3.46. The van der Waals surface area contributed by atoms with Gasteiger partial charge in [0, 0.05) is 33.0 Å². The number of piperidine rings is 1. The highest BCUT2D eigenvalue weighted by molar-refractivity contribution is 5.73. The zero-order chi connectivity index (χ0) is 19.5. The van der Waals surface area contributed by atoms with E-state index in [0.29, 0.717) is 25.9 Å². The van der Waals surface area contributed by atoms with E-state index in [-0.39, 0.29) is 11.8 Å². The van der Waals surface area contributed by atoms with Gasteiger partial charge in [-0.25, -0.2) is 4.79 Å². The minimum absolute atomic E-state index is 0.169. The predicted molar refractivity (Wildman–Crippen MR) is 95.5 cm³/mol. The number of nitrogens with zero attached hydrogens (tertiary/aromatic N) is 1. The standard InChI is InChI=1S/C20H21F3N2O2/c1-24-18(26)25-12-10-19(11-13-25,15-6-3-2-4-7-15)27-17-9-5-8-16(14-17)20(21,22)23/h2-9,14H,10-13H2,1H3,(H,24,26). The van der Waals surface area contributed by atoms with Gasteiger partial charge in [-0.15, -0.1) is 0 Å². The van der Waals surface area contributed by atoms with E-state index >= 15 is 0 Å². The van der Waals surface area contributed by atoms with Gasteiger partial charge >= 0.3 is 12.2 Å². The van der Waals surface area contributed by atoms with Gasteiger partial charge in [-0.05, 0) is 23.8 Å². The molecule has 2 amide bonds. The lowest BCUT2D eigenvalue weighted by Gasteiger charge is -2.42. The summed E-state index contributed by atoms with van der Waals surface area (Å²) in [6, 6.07) is 14.2. The van der Waals surface area contributed by atoms with Gasteiger partial charge in [0.1, 0.15) is 11.4 Å². The first-order valence-corrected chi connectivity index (χ1v) is 8.72. The summed E-state index contributed by atoms with van der Waals surface area (Å²) in [5.74, 6) is 0.169. The first-order chi connectivity index (χ1) is 12.8. The van der Waals surface area contributed by atoms with Crippen LogP contribution in [0.3, 0.4) is 0 Å². The average Bonchev–Trinajstić information content (AvgIpc) is 2.68. The van der Waals surface area contributed by atoms with Crippen LogP contribution in [0.1, 0.15) is 24.0 Å². The molecular weight excluding hydrogens is 357 g/mol. The number of nitrogens with one attached hydrogen (secondary N) is 1. The molecule has 2 aromatic rings. The normalized spacial score (nSPS) is 16.7. The Morgan fingerprint density at radius 3 is 2.33 bits per heavy atom. The molecule has 0 bridgehead atoms. The second-order valence-corrected chi connectivity index (χ2v) is 6.53. The van der Waals surface area contributed by atoms with Crippen LogP contribution < -0.4 is 10.1 Å². The van der Waals surface area contributed by atoms with E-state index in [9.17, 15) is 18.0 Å². The highest BCUT2D eigenvalue weighted by Crippen LogP contribution is 2.39. The average molecular weight is 378 g/mol. The van der Waals surface area contributed by atoms with Crippen LogP contribution in [-0.2, 0) is 11.8 Å². The Morgan fingerprint density at radius 1 is 1.07 bits per heavy atom. The molecule has 27 heavy (non-hydrogen) atoms. The number of carbonyl (C=O) groups excluding carboxylic acids is 1. The van der Waals surface area contributed by atoms with E-state index < -0.39 is 17.3 Å². The van der Waals surface area contributed by atoms with E-state index in [2.05, 4.69) is 5.32 Å². The number of ether oxygens (including phenoxy) is 1. The summed E-state index contributed by atoms with van der Waals surface area (Å²) >= 11 is 0. The zero-order valence-electron chi connectivity index (χ0n) is 14.9. The molecule has 0 atom stereocenters. The van der Waals surface area contributed by atoms with Crippen LogP contribution in [0.5, 0.6) is 5.75 Å². The maximum atomic E-state index is 13.0. The van der Waals surface area contributed by atoms with Crippen molar-refractivity contribution in [1.82, 2.24) is 10.2 Å². The van der Waals surface area contributed by atoms with E-state index in [1.807, 2.05) is 30.3 Å². The molecule has 1 heterocycles. The summed E-state index contributed by atoms with van der Waals surface area (Å²) in [6.45, 7) is 0.904. The number of benzene rings is 2. The monoisotopic (exact) mass is 378 g/mol. The molecule has 0 radical (unpaired) electrons. The van der Waals surface area contributed by atoms with Crippen molar-refractivity contribution in [1.29, 1.82) is 0 Å². The predicted octanol–water partition coefficient (Wildman–Crippen LogP) is 4.41. The molecule has 4 nitrogen and oxygen atoms in total. The van der Waals surface area contributed by atoms with Crippen LogP contribution in [0.2, 0.25) is 0 Å². The molecule has 144 valence electrons. The van der Waals surface area contributed by atoms with Gasteiger partial charge in [-0.2, -0.15) is 13.2 Å². The van der Waals surface area contributed by atoms with Crippen molar-refractivity contribution < 1.29 is 22.7 Å². The van der Waals surface area contributed by atoms with Crippen molar-refractivity contribution >= 4 is 6.03 Å². The number of halogens is 3. The Kier molecular flexibility index (Phi) is 5.30. The molecule has 7 heteroatoms. The van der Waals surface area contributed by atoms with Crippen molar-refractivity contribution in [2.75, 3.05) is 20.1 Å². The molecule has 1 aliphatic rings. The summed E-state index contributed by atoms with van der Waals surface area (Å²) in [5, 5.41) is 2.60. The highest BCUT2D eigenvalue weighted by Gasteiger charge is 2.40.